The van der Waals surface area contributed by atoms with E-state index in [1.165, 1.54) is 11.8 Å². The fourth-order valence-corrected chi connectivity index (χ4v) is 2.70. The number of nitrogens with zero attached hydrogens (tertiary/aromatic N) is 3. The number of carbonyl (C=O) groups excluding carboxylic acids is 1. The van der Waals surface area contributed by atoms with Crippen LogP contribution >= 0.6 is 11.8 Å². The number of rotatable bonds is 5. The minimum atomic E-state index is -0.0336. The van der Waals surface area contributed by atoms with Crippen LogP contribution in [0, 0.1) is 6.92 Å². The summed E-state index contributed by atoms with van der Waals surface area (Å²) < 4.78 is 1.88. The van der Waals surface area contributed by atoms with Gasteiger partial charge in [0.1, 0.15) is 5.82 Å². The highest BCUT2D eigenvalue weighted by Gasteiger charge is 2.11. The van der Waals surface area contributed by atoms with Gasteiger partial charge in [0, 0.05) is 12.7 Å². The maximum atomic E-state index is 12.1. The second-order valence-corrected chi connectivity index (χ2v) is 6.11. The lowest BCUT2D eigenvalue weighted by atomic mass is 10.0. The number of anilines is 1. The summed E-state index contributed by atoms with van der Waals surface area (Å²) in [7, 11) is 1.89. The molecule has 21 heavy (non-hydrogen) atoms. The van der Waals surface area contributed by atoms with Crippen molar-refractivity contribution in [3.63, 3.8) is 0 Å². The third-order valence-electron chi connectivity index (χ3n) is 3.24. The molecule has 0 saturated heterocycles. The molecular formula is C15H20N4OS. The normalized spacial score (nSPS) is 10.9. The summed E-state index contributed by atoms with van der Waals surface area (Å²) >= 11 is 1.39. The second-order valence-electron chi connectivity index (χ2n) is 5.17. The van der Waals surface area contributed by atoms with E-state index in [4.69, 9.17) is 0 Å². The number of carbonyl (C=O) groups is 1. The Kier molecular flexibility index (Phi) is 5.01. The van der Waals surface area contributed by atoms with Crippen LogP contribution in [0.5, 0.6) is 0 Å². The largest absolute Gasteiger partial charge is 0.325 e. The molecule has 0 aliphatic carbocycles. The molecule has 0 bridgehead atoms. The molecule has 5 nitrogen and oxygen atoms in total. The first kappa shape index (κ1) is 15.6. The van der Waals surface area contributed by atoms with E-state index in [0.717, 1.165) is 22.2 Å². The number of amides is 1. The summed E-state index contributed by atoms with van der Waals surface area (Å²) in [6.07, 6.45) is 0. The van der Waals surface area contributed by atoms with Crippen molar-refractivity contribution in [1.29, 1.82) is 0 Å². The Bertz CT molecular complexity index is 636. The van der Waals surface area contributed by atoms with Gasteiger partial charge in [-0.3, -0.25) is 4.79 Å². The number of aromatic nitrogens is 3. The smallest absolute Gasteiger partial charge is 0.234 e. The number of hydrogen-bond acceptors (Lipinski definition) is 4. The van der Waals surface area contributed by atoms with Gasteiger partial charge in [0.15, 0.2) is 5.16 Å². The molecule has 0 spiro atoms. The molecule has 112 valence electrons. The van der Waals surface area contributed by atoms with E-state index >= 15 is 0 Å². The monoisotopic (exact) mass is 304 g/mol. The van der Waals surface area contributed by atoms with E-state index in [0.29, 0.717) is 11.7 Å². The summed E-state index contributed by atoms with van der Waals surface area (Å²) in [6, 6.07) is 7.90. The highest BCUT2D eigenvalue weighted by Crippen LogP contribution is 2.24. The first-order valence-corrected chi connectivity index (χ1v) is 7.85. The summed E-state index contributed by atoms with van der Waals surface area (Å²) in [5.74, 6) is 1.49. The molecule has 1 aromatic heterocycles. The molecule has 0 aliphatic heterocycles. The van der Waals surface area contributed by atoms with Crippen molar-refractivity contribution in [1.82, 2.24) is 14.8 Å². The first-order chi connectivity index (χ1) is 9.99. The molecule has 1 aromatic carbocycles. The Hall–Kier alpha value is -1.82. The quantitative estimate of drug-likeness (QED) is 0.863. The number of aryl methyl sites for hydroxylation is 1. The van der Waals surface area contributed by atoms with Crippen molar-refractivity contribution in [2.24, 2.45) is 7.05 Å². The molecule has 0 saturated carbocycles. The van der Waals surface area contributed by atoms with E-state index in [-0.39, 0.29) is 5.91 Å². The van der Waals surface area contributed by atoms with Gasteiger partial charge >= 0.3 is 0 Å². The maximum Gasteiger partial charge on any atom is 0.234 e. The summed E-state index contributed by atoms with van der Waals surface area (Å²) in [5, 5.41) is 11.7. The van der Waals surface area contributed by atoms with Crippen molar-refractivity contribution < 1.29 is 4.79 Å². The summed E-state index contributed by atoms with van der Waals surface area (Å²) in [4.78, 5) is 12.1. The standard InChI is InChI=1S/C15H20N4OS/c1-10(2)12-7-5-6-8-13(12)16-14(20)9-21-15-18-17-11(3)19(15)4/h5-8,10H,9H2,1-4H3,(H,16,20). The van der Waals surface area contributed by atoms with Crippen molar-refractivity contribution in [2.75, 3.05) is 11.1 Å². The third kappa shape index (κ3) is 3.85. The molecule has 0 atom stereocenters. The van der Waals surface area contributed by atoms with Gasteiger partial charge in [0.25, 0.3) is 0 Å². The van der Waals surface area contributed by atoms with Crippen molar-refractivity contribution in [3.8, 4) is 0 Å². The van der Waals surface area contributed by atoms with Crippen LogP contribution in [-0.4, -0.2) is 26.4 Å². The van der Waals surface area contributed by atoms with E-state index in [1.54, 1.807) is 0 Å². The molecule has 2 rings (SSSR count). The fourth-order valence-electron chi connectivity index (χ4n) is 1.94. The van der Waals surface area contributed by atoms with E-state index in [9.17, 15) is 4.79 Å². The van der Waals surface area contributed by atoms with Crippen LogP contribution < -0.4 is 5.32 Å². The highest BCUT2D eigenvalue weighted by molar-refractivity contribution is 7.99. The average Bonchev–Trinajstić information content (AvgIpc) is 2.77. The molecule has 1 heterocycles. The average molecular weight is 304 g/mol. The lowest BCUT2D eigenvalue weighted by Crippen LogP contribution is -2.16. The van der Waals surface area contributed by atoms with Crippen molar-refractivity contribution >= 4 is 23.4 Å². The molecule has 1 N–H and O–H groups in total. The van der Waals surface area contributed by atoms with E-state index in [2.05, 4.69) is 29.4 Å². The van der Waals surface area contributed by atoms with Crippen LogP contribution in [0.4, 0.5) is 5.69 Å². The minimum Gasteiger partial charge on any atom is -0.325 e. The number of hydrogen-bond donors (Lipinski definition) is 1. The fraction of sp³-hybridized carbons (Fsp3) is 0.400. The van der Waals surface area contributed by atoms with E-state index in [1.807, 2.05) is 42.8 Å². The Morgan fingerprint density at radius 2 is 2.05 bits per heavy atom. The number of nitrogens with one attached hydrogen (secondary N) is 1. The number of benzene rings is 1. The van der Waals surface area contributed by atoms with Gasteiger partial charge in [-0.05, 0) is 24.5 Å². The zero-order chi connectivity index (χ0) is 15.4. The highest BCUT2D eigenvalue weighted by atomic mass is 32.2. The Morgan fingerprint density at radius 1 is 1.33 bits per heavy atom. The zero-order valence-electron chi connectivity index (χ0n) is 12.8. The van der Waals surface area contributed by atoms with Crippen LogP contribution in [0.15, 0.2) is 29.4 Å². The molecule has 0 radical (unpaired) electrons. The van der Waals surface area contributed by atoms with Crippen LogP contribution in [-0.2, 0) is 11.8 Å². The van der Waals surface area contributed by atoms with Crippen molar-refractivity contribution in [2.45, 2.75) is 31.8 Å². The molecular weight excluding hydrogens is 284 g/mol. The van der Waals surface area contributed by atoms with Crippen LogP contribution in [0.3, 0.4) is 0 Å². The van der Waals surface area contributed by atoms with Gasteiger partial charge in [-0.15, -0.1) is 10.2 Å². The van der Waals surface area contributed by atoms with E-state index < -0.39 is 0 Å². The van der Waals surface area contributed by atoms with Crippen molar-refractivity contribution in [3.05, 3.63) is 35.7 Å². The topological polar surface area (TPSA) is 59.8 Å². The summed E-state index contributed by atoms with van der Waals surface area (Å²) in [5.41, 5.74) is 2.03. The Morgan fingerprint density at radius 3 is 2.67 bits per heavy atom. The third-order valence-corrected chi connectivity index (χ3v) is 4.26. The number of para-hydroxylation sites is 1. The lowest BCUT2D eigenvalue weighted by Gasteiger charge is -2.13. The van der Waals surface area contributed by atoms with Crippen LogP contribution in [0.25, 0.3) is 0 Å². The maximum absolute atomic E-state index is 12.1. The predicted molar refractivity (Wildman–Crippen MR) is 85.6 cm³/mol. The molecule has 2 aromatic rings. The molecule has 1 amide bonds. The zero-order valence-corrected chi connectivity index (χ0v) is 13.6. The van der Waals surface area contributed by atoms with Gasteiger partial charge in [-0.1, -0.05) is 43.8 Å². The SMILES string of the molecule is Cc1nnc(SCC(=O)Nc2ccccc2C(C)C)n1C. The molecule has 0 aliphatic rings. The van der Waals surface area contributed by atoms with Gasteiger partial charge in [-0.2, -0.15) is 0 Å². The second kappa shape index (κ2) is 6.76. The lowest BCUT2D eigenvalue weighted by molar-refractivity contribution is -0.113. The van der Waals surface area contributed by atoms with Gasteiger partial charge < -0.3 is 9.88 Å². The molecule has 0 fully saturated rings. The van der Waals surface area contributed by atoms with Gasteiger partial charge in [0.2, 0.25) is 5.91 Å². The number of thioether (sulfide) groups is 1. The molecule has 6 heteroatoms. The Labute approximate surface area is 129 Å². The van der Waals surface area contributed by atoms with Gasteiger partial charge in [-0.25, -0.2) is 0 Å². The minimum absolute atomic E-state index is 0.0336. The molecule has 0 unspecified atom stereocenters. The van der Waals surface area contributed by atoms with Crippen LogP contribution in [0.1, 0.15) is 31.2 Å². The van der Waals surface area contributed by atoms with Gasteiger partial charge in [0.05, 0.1) is 5.75 Å². The van der Waals surface area contributed by atoms with Crippen LogP contribution in [0.2, 0.25) is 0 Å². The predicted octanol–water partition coefficient (Wildman–Crippen LogP) is 2.98. The first-order valence-electron chi connectivity index (χ1n) is 6.86. The Balaban J connectivity index is 1.98. The summed E-state index contributed by atoms with van der Waals surface area (Å²) in [6.45, 7) is 6.11.